The van der Waals surface area contributed by atoms with Gasteiger partial charge in [-0.2, -0.15) is 11.8 Å². The lowest BCUT2D eigenvalue weighted by Crippen LogP contribution is -1.99. The zero-order valence-electron chi connectivity index (χ0n) is 7.16. The first-order chi connectivity index (χ1) is 6.29. The van der Waals surface area contributed by atoms with Crippen LogP contribution in [0, 0.1) is 0 Å². The quantitative estimate of drug-likeness (QED) is 0.717. The van der Waals surface area contributed by atoms with E-state index in [1.807, 2.05) is 30.0 Å². The van der Waals surface area contributed by atoms with Crippen LogP contribution < -0.4 is 0 Å². The van der Waals surface area contributed by atoms with Crippen LogP contribution in [-0.4, -0.2) is 10.9 Å². The van der Waals surface area contributed by atoms with E-state index in [-0.39, 0.29) is 6.10 Å². The summed E-state index contributed by atoms with van der Waals surface area (Å²) in [7, 11) is 0. The van der Waals surface area contributed by atoms with Crippen molar-refractivity contribution < 1.29 is 5.11 Å². The van der Waals surface area contributed by atoms with E-state index in [0.717, 1.165) is 34.1 Å². The van der Waals surface area contributed by atoms with Crippen LogP contribution in [0.15, 0.2) is 18.2 Å². The normalized spacial score (nSPS) is 22.2. The molecule has 1 aliphatic heterocycles. The van der Waals surface area contributed by atoms with Gasteiger partial charge in [-0.25, -0.2) is 0 Å². The Kier molecular flexibility index (Phi) is 2.82. The van der Waals surface area contributed by atoms with E-state index in [1.165, 1.54) is 0 Å². The topological polar surface area (TPSA) is 20.2 Å². The molecule has 0 aromatic heterocycles. The van der Waals surface area contributed by atoms with Crippen molar-refractivity contribution in [1.29, 1.82) is 0 Å². The first-order valence-electron chi connectivity index (χ1n) is 4.32. The van der Waals surface area contributed by atoms with Gasteiger partial charge in [-0.1, -0.05) is 23.7 Å². The van der Waals surface area contributed by atoms with Crippen LogP contribution in [-0.2, 0) is 5.75 Å². The van der Waals surface area contributed by atoms with Gasteiger partial charge in [0.2, 0.25) is 0 Å². The van der Waals surface area contributed by atoms with Crippen molar-refractivity contribution in [1.82, 2.24) is 0 Å². The van der Waals surface area contributed by atoms with Gasteiger partial charge >= 0.3 is 0 Å². The predicted octanol–water partition coefficient (Wildman–Crippen LogP) is 3.01. The van der Waals surface area contributed by atoms with Crippen LogP contribution in [0.2, 0.25) is 5.02 Å². The second kappa shape index (κ2) is 3.91. The second-order valence-corrected chi connectivity index (χ2v) is 4.68. The minimum absolute atomic E-state index is 0.330. The molecule has 0 aliphatic carbocycles. The molecule has 0 fully saturated rings. The van der Waals surface area contributed by atoms with Crippen molar-refractivity contribution in [2.24, 2.45) is 0 Å². The fourth-order valence-corrected chi connectivity index (χ4v) is 2.95. The molecule has 1 aromatic rings. The third-order valence-corrected chi connectivity index (χ3v) is 3.67. The summed E-state index contributed by atoms with van der Waals surface area (Å²) in [6, 6.07) is 5.76. The van der Waals surface area contributed by atoms with Crippen LogP contribution in [0.25, 0.3) is 0 Å². The van der Waals surface area contributed by atoms with Gasteiger partial charge in [0.1, 0.15) is 0 Å². The average Bonchev–Trinajstić information content (AvgIpc) is 2.30. The zero-order chi connectivity index (χ0) is 9.26. The summed E-state index contributed by atoms with van der Waals surface area (Å²) < 4.78 is 0. The highest BCUT2D eigenvalue weighted by molar-refractivity contribution is 7.98. The number of aliphatic hydroxyl groups is 1. The summed E-state index contributed by atoms with van der Waals surface area (Å²) in [5.74, 6) is 1.93. The van der Waals surface area contributed by atoms with Crippen molar-refractivity contribution in [3.63, 3.8) is 0 Å². The molecule has 1 atom stereocenters. The summed E-state index contributed by atoms with van der Waals surface area (Å²) in [5, 5.41) is 10.6. The van der Waals surface area contributed by atoms with E-state index < -0.39 is 0 Å². The molecular formula is C10H11ClOS. The Morgan fingerprint density at radius 2 is 2.31 bits per heavy atom. The molecule has 0 bridgehead atoms. The van der Waals surface area contributed by atoms with Gasteiger partial charge in [0.15, 0.2) is 0 Å². The lowest BCUT2D eigenvalue weighted by atomic mass is 10.0. The number of rotatable bonds is 0. The van der Waals surface area contributed by atoms with E-state index in [9.17, 15) is 5.11 Å². The maximum Gasteiger partial charge on any atom is 0.0801 e. The number of hydrogen-bond donors (Lipinski definition) is 1. The van der Waals surface area contributed by atoms with E-state index in [0.29, 0.717) is 0 Å². The van der Waals surface area contributed by atoms with Crippen LogP contribution in [0.1, 0.15) is 23.7 Å². The van der Waals surface area contributed by atoms with E-state index in [4.69, 9.17) is 11.6 Å². The van der Waals surface area contributed by atoms with Crippen LogP contribution in [0.4, 0.5) is 0 Å². The third-order valence-electron chi connectivity index (χ3n) is 2.30. The maximum absolute atomic E-state index is 9.79. The third kappa shape index (κ3) is 1.85. The zero-order valence-corrected chi connectivity index (χ0v) is 8.74. The minimum Gasteiger partial charge on any atom is -0.388 e. The monoisotopic (exact) mass is 214 g/mol. The Morgan fingerprint density at radius 3 is 3.15 bits per heavy atom. The number of benzene rings is 1. The van der Waals surface area contributed by atoms with Gasteiger partial charge in [-0.3, -0.25) is 0 Å². The Bertz CT molecular complexity index is 314. The van der Waals surface area contributed by atoms with Crippen molar-refractivity contribution in [2.75, 3.05) is 5.75 Å². The van der Waals surface area contributed by atoms with Crippen LogP contribution >= 0.6 is 23.4 Å². The molecule has 1 heterocycles. The molecule has 3 heteroatoms. The molecule has 0 radical (unpaired) electrons. The molecule has 0 saturated carbocycles. The molecule has 1 aliphatic rings. The smallest absolute Gasteiger partial charge is 0.0801 e. The van der Waals surface area contributed by atoms with E-state index in [2.05, 4.69) is 0 Å². The highest BCUT2D eigenvalue weighted by Gasteiger charge is 2.17. The standard InChI is InChI=1S/C10H11ClOS/c11-9-3-1-2-7-8(9)6-13-5-4-10(7)12/h1-3,10,12H,4-6H2/t10-/m1/s1. The van der Waals surface area contributed by atoms with E-state index >= 15 is 0 Å². The van der Waals surface area contributed by atoms with Gasteiger partial charge in [0.25, 0.3) is 0 Å². The SMILES string of the molecule is O[C@@H]1CCSCc2c(Cl)cccc21. The Morgan fingerprint density at radius 1 is 1.46 bits per heavy atom. The summed E-state index contributed by atoms with van der Waals surface area (Å²) in [4.78, 5) is 0. The Hall–Kier alpha value is -0.180. The highest BCUT2D eigenvalue weighted by atomic mass is 35.5. The number of aliphatic hydroxyl groups excluding tert-OH is 1. The molecular weight excluding hydrogens is 204 g/mol. The molecule has 0 unspecified atom stereocenters. The molecule has 0 spiro atoms. The minimum atomic E-state index is -0.330. The van der Waals surface area contributed by atoms with Crippen molar-refractivity contribution >= 4 is 23.4 Å². The summed E-state index contributed by atoms with van der Waals surface area (Å²) >= 11 is 7.89. The predicted molar refractivity (Wildman–Crippen MR) is 57.2 cm³/mol. The van der Waals surface area contributed by atoms with Crippen molar-refractivity contribution in [3.05, 3.63) is 34.3 Å². The van der Waals surface area contributed by atoms with Gasteiger partial charge in [-0.15, -0.1) is 0 Å². The lowest BCUT2D eigenvalue weighted by Gasteiger charge is -2.11. The fraction of sp³-hybridized carbons (Fsp3) is 0.400. The first kappa shape index (κ1) is 9.38. The molecule has 1 nitrogen and oxygen atoms in total. The Labute approximate surface area is 87.1 Å². The molecule has 1 N–H and O–H groups in total. The highest BCUT2D eigenvalue weighted by Crippen LogP contribution is 2.34. The van der Waals surface area contributed by atoms with Crippen molar-refractivity contribution in [2.45, 2.75) is 18.3 Å². The first-order valence-corrected chi connectivity index (χ1v) is 5.85. The molecule has 0 amide bonds. The van der Waals surface area contributed by atoms with Crippen LogP contribution in [0.5, 0.6) is 0 Å². The molecule has 13 heavy (non-hydrogen) atoms. The summed E-state index contributed by atoms with van der Waals surface area (Å²) in [6.07, 6.45) is 0.501. The molecule has 70 valence electrons. The molecule has 0 saturated heterocycles. The largest absolute Gasteiger partial charge is 0.388 e. The second-order valence-electron chi connectivity index (χ2n) is 3.16. The van der Waals surface area contributed by atoms with E-state index in [1.54, 1.807) is 0 Å². The number of hydrogen-bond acceptors (Lipinski definition) is 2. The summed E-state index contributed by atoms with van der Waals surface area (Å²) in [6.45, 7) is 0. The lowest BCUT2D eigenvalue weighted by molar-refractivity contribution is 0.175. The van der Waals surface area contributed by atoms with Gasteiger partial charge in [0, 0.05) is 10.8 Å². The van der Waals surface area contributed by atoms with Gasteiger partial charge < -0.3 is 5.11 Å². The van der Waals surface area contributed by atoms with Crippen molar-refractivity contribution in [3.8, 4) is 0 Å². The number of halogens is 1. The average molecular weight is 215 g/mol. The van der Waals surface area contributed by atoms with Gasteiger partial charge in [-0.05, 0) is 29.4 Å². The molecule has 1 aromatic carbocycles. The maximum atomic E-state index is 9.79. The Balaban J connectivity index is 2.47. The summed E-state index contributed by atoms with van der Waals surface area (Å²) in [5.41, 5.74) is 2.12. The fourth-order valence-electron chi connectivity index (χ4n) is 1.56. The van der Waals surface area contributed by atoms with Gasteiger partial charge in [0.05, 0.1) is 6.10 Å². The number of thioether (sulfide) groups is 1. The van der Waals surface area contributed by atoms with Crippen LogP contribution in [0.3, 0.4) is 0 Å². The molecule has 2 rings (SSSR count). The number of fused-ring (bicyclic) bond motifs is 1.